The molecule has 4 aromatic carbocycles. The van der Waals surface area contributed by atoms with Crippen LogP contribution in [-0.2, 0) is 23.7 Å². The first kappa shape index (κ1) is 24.2. The van der Waals surface area contributed by atoms with Crippen molar-refractivity contribution in [2.45, 2.75) is 65.2 Å². The first-order valence-corrected chi connectivity index (χ1v) is 16.3. The van der Waals surface area contributed by atoms with Crippen molar-refractivity contribution in [1.29, 1.82) is 0 Å². The summed E-state index contributed by atoms with van der Waals surface area (Å²) in [5.41, 5.74) is 6.37. The molecule has 0 amide bonds. The topological polar surface area (TPSA) is 0 Å². The molecule has 0 unspecified atom stereocenters. The summed E-state index contributed by atoms with van der Waals surface area (Å²) in [5.74, 6) is 0. The molecule has 0 saturated carbocycles. The summed E-state index contributed by atoms with van der Waals surface area (Å²) in [6.07, 6.45) is 2.40. The fraction of sp³-hybridized carbons (Fsp3) is 0.312. The molecule has 174 valence electrons. The van der Waals surface area contributed by atoms with E-state index in [1.54, 1.807) is 30.0 Å². The molecule has 1 aliphatic carbocycles. The molecule has 4 aromatic rings. The maximum atomic E-state index is 2.47. The number of hydrogen-bond acceptors (Lipinski definition) is 0. The van der Waals surface area contributed by atoms with Crippen molar-refractivity contribution in [1.82, 2.24) is 0 Å². The van der Waals surface area contributed by atoms with Gasteiger partial charge in [0.2, 0.25) is 0 Å². The van der Waals surface area contributed by atoms with Crippen LogP contribution in [0.2, 0.25) is 0 Å². The Morgan fingerprint density at radius 2 is 1.12 bits per heavy atom. The van der Waals surface area contributed by atoms with Gasteiger partial charge in [-0.05, 0) is 0 Å². The average molecular weight is 625 g/mol. The number of aryl methyl sites for hydroxylation is 2. The van der Waals surface area contributed by atoms with Gasteiger partial charge in [-0.15, -0.1) is 0 Å². The van der Waals surface area contributed by atoms with Gasteiger partial charge in [0.15, 0.2) is 0 Å². The van der Waals surface area contributed by atoms with E-state index in [4.69, 9.17) is 0 Å². The van der Waals surface area contributed by atoms with E-state index in [-0.39, 0.29) is 10.8 Å². The van der Waals surface area contributed by atoms with Gasteiger partial charge in [-0.25, -0.2) is 0 Å². The first-order chi connectivity index (χ1) is 16.1. The summed E-state index contributed by atoms with van der Waals surface area (Å²) < 4.78 is 6.18. The zero-order valence-corrected chi connectivity index (χ0v) is 25.2. The molecule has 0 saturated heterocycles. The molecular formula is C32H34SeTe. The predicted molar refractivity (Wildman–Crippen MR) is 152 cm³/mol. The normalized spacial score (nSPS) is 13.6. The number of benzene rings is 4. The van der Waals surface area contributed by atoms with E-state index < -0.39 is 20.9 Å². The van der Waals surface area contributed by atoms with Gasteiger partial charge >= 0.3 is 223 Å². The molecular weight excluding hydrogens is 591 g/mol. The van der Waals surface area contributed by atoms with Crippen LogP contribution in [0.1, 0.15) is 63.8 Å². The van der Waals surface area contributed by atoms with Crippen LogP contribution in [0.5, 0.6) is 0 Å². The molecule has 1 aliphatic rings. The second-order valence-electron chi connectivity index (χ2n) is 11.4. The quantitative estimate of drug-likeness (QED) is 0.285. The van der Waals surface area contributed by atoms with Crippen molar-refractivity contribution in [3.05, 3.63) is 95.1 Å². The Morgan fingerprint density at radius 3 is 1.68 bits per heavy atom. The molecule has 0 heterocycles. The van der Waals surface area contributed by atoms with E-state index in [0.717, 1.165) is 0 Å². The standard InChI is InChI=1S/C32H34SeTe/c1-31(2,3)23-11-15-25(16-12-23)33-27-19-9-21-7-8-22-10-20-28(30(27)29(21)22)34-26-17-13-24(14-18-26)32(4,5)6/h9-20H,7-8H2,1-6H3. The summed E-state index contributed by atoms with van der Waals surface area (Å²) >= 11 is -0.133. The third-order valence-corrected chi connectivity index (χ3v) is 12.1. The third kappa shape index (κ3) is 4.89. The van der Waals surface area contributed by atoms with E-state index in [1.165, 1.54) is 32.0 Å². The summed E-state index contributed by atoms with van der Waals surface area (Å²) in [7, 11) is 0. The third-order valence-electron chi connectivity index (χ3n) is 6.82. The van der Waals surface area contributed by atoms with Crippen LogP contribution in [0.25, 0.3) is 10.8 Å². The maximum absolute atomic E-state index is 2.47. The van der Waals surface area contributed by atoms with E-state index in [0.29, 0.717) is 15.0 Å². The predicted octanol–water partition coefficient (Wildman–Crippen LogP) is 4.84. The SMILES string of the molecule is CC(C)(C)c1ccc([Se]c2ccc3c4c(ccc([Te]c5ccc(C(C)(C)C)cc5)c24)CC3)cc1. The number of rotatable bonds is 4. The van der Waals surface area contributed by atoms with Gasteiger partial charge in [0.05, 0.1) is 0 Å². The Labute approximate surface area is 221 Å². The van der Waals surface area contributed by atoms with E-state index in [9.17, 15) is 0 Å². The molecule has 0 N–H and O–H groups in total. The molecule has 0 aromatic heterocycles. The average Bonchev–Trinajstić information content (AvgIpc) is 3.20. The molecule has 5 rings (SSSR count). The molecule has 0 radical (unpaired) electrons. The Bertz CT molecular complexity index is 1230. The van der Waals surface area contributed by atoms with Crippen molar-refractivity contribution in [2.24, 2.45) is 0 Å². The Morgan fingerprint density at radius 1 is 0.588 bits per heavy atom. The monoisotopic (exact) mass is 628 g/mol. The van der Waals surface area contributed by atoms with Crippen LogP contribution < -0.4 is 16.1 Å². The summed E-state index contributed by atoms with van der Waals surface area (Å²) in [6.45, 7) is 13.8. The summed E-state index contributed by atoms with van der Waals surface area (Å²) in [4.78, 5) is 0. The second kappa shape index (κ2) is 9.15. The number of hydrogen-bond donors (Lipinski definition) is 0. The van der Waals surface area contributed by atoms with Crippen LogP contribution in [-0.4, -0.2) is 35.9 Å². The Hall–Kier alpha value is -1.55. The molecule has 34 heavy (non-hydrogen) atoms. The van der Waals surface area contributed by atoms with Crippen LogP contribution in [0.15, 0.2) is 72.8 Å². The van der Waals surface area contributed by atoms with Gasteiger partial charge in [0.1, 0.15) is 0 Å². The molecule has 0 spiro atoms. The second-order valence-corrected chi connectivity index (χ2v) is 17.0. The molecule has 0 bridgehead atoms. The summed E-state index contributed by atoms with van der Waals surface area (Å²) in [6, 6.07) is 28.6. The first-order valence-electron chi connectivity index (χ1n) is 12.2. The van der Waals surface area contributed by atoms with E-state index in [2.05, 4.69) is 114 Å². The zero-order chi connectivity index (χ0) is 24.1. The van der Waals surface area contributed by atoms with Gasteiger partial charge in [0, 0.05) is 0 Å². The van der Waals surface area contributed by atoms with Crippen molar-refractivity contribution >= 4 is 62.8 Å². The molecule has 0 fully saturated rings. The van der Waals surface area contributed by atoms with Gasteiger partial charge in [0.25, 0.3) is 0 Å². The van der Waals surface area contributed by atoms with Crippen molar-refractivity contribution in [3.63, 3.8) is 0 Å². The molecule has 0 atom stereocenters. The minimum absolute atomic E-state index is 0.203. The zero-order valence-electron chi connectivity index (χ0n) is 21.2. The van der Waals surface area contributed by atoms with Crippen LogP contribution >= 0.6 is 0 Å². The van der Waals surface area contributed by atoms with Crippen LogP contribution in [0, 0.1) is 0 Å². The van der Waals surface area contributed by atoms with Crippen molar-refractivity contribution in [3.8, 4) is 0 Å². The Balaban J connectivity index is 1.54. The van der Waals surface area contributed by atoms with Crippen LogP contribution in [0.3, 0.4) is 0 Å². The molecule has 0 aliphatic heterocycles. The van der Waals surface area contributed by atoms with E-state index >= 15 is 0 Å². The fourth-order valence-corrected chi connectivity index (χ4v) is 10.0. The fourth-order valence-electron chi connectivity index (χ4n) is 4.74. The molecule has 2 heteroatoms. The van der Waals surface area contributed by atoms with Crippen LogP contribution in [0.4, 0.5) is 0 Å². The Kier molecular flexibility index (Phi) is 6.50. The van der Waals surface area contributed by atoms with Gasteiger partial charge in [-0.3, -0.25) is 0 Å². The van der Waals surface area contributed by atoms with Gasteiger partial charge in [-0.2, -0.15) is 0 Å². The van der Waals surface area contributed by atoms with Gasteiger partial charge < -0.3 is 0 Å². The molecule has 0 nitrogen and oxygen atoms in total. The van der Waals surface area contributed by atoms with E-state index in [1.807, 2.05) is 0 Å². The van der Waals surface area contributed by atoms with Crippen molar-refractivity contribution in [2.75, 3.05) is 0 Å². The van der Waals surface area contributed by atoms with Gasteiger partial charge in [-0.1, -0.05) is 0 Å². The summed E-state index contributed by atoms with van der Waals surface area (Å²) in [5, 5.41) is 3.18. The van der Waals surface area contributed by atoms with Crippen molar-refractivity contribution < 1.29 is 0 Å². The minimum atomic E-state index is -0.447.